The fourth-order valence-electron chi connectivity index (χ4n) is 2.87. The zero-order chi connectivity index (χ0) is 13.7. The van der Waals surface area contributed by atoms with Crippen molar-refractivity contribution in [3.05, 3.63) is 18.2 Å². The summed E-state index contributed by atoms with van der Waals surface area (Å²) in [6.45, 7) is 0.547. The SMILES string of the molecule is CNC1(CC(=O)N(C)Cc2ncc[nH]2)CCCCC1. The first kappa shape index (κ1) is 14.1. The Kier molecular flexibility index (Phi) is 4.58. The van der Waals surface area contributed by atoms with E-state index >= 15 is 0 Å². The normalized spacial score (nSPS) is 18.2. The van der Waals surface area contributed by atoms with Crippen LogP contribution in [0.4, 0.5) is 0 Å². The molecule has 0 atom stereocenters. The van der Waals surface area contributed by atoms with Gasteiger partial charge in [0.1, 0.15) is 5.82 Å². The van der Waals surface area contributed by atoms with E-state index < -0.39 is 0 Å². The minimum absolute atomic E-state index is 0.00670. The van der Waals surface area contributed by atoms with E-state index in [4.69, 9.17) is 0 Å². The molecule has 2 rings (SSSR count). The summed E-state index contributed by atoms with van der Waals surface area (Å²) in [5.41, 5.74) is 0.00670. The monoisotopic (exact) mass is 264 g/mol. The molecule has 1 saturated carbocycles. The first-order chi connectivity index (χ1) is 9.15. The molecule has 2 N–H and O–H groups in total. The van der Waals surface area contributed by atoms with Gasteiger partial charge >= 0.3 is 0 Å². The Hall–Kier alpha value is -1.36. The number of imidazole rings is 1. The fourth-order valence-corrected chi connectivity index (χ4v) is 2.87. The highest BCUT2D eigenvalue weighted by Gasteiger charge is 2.33. The van der Waals surface area contributed by atoms with Gasteiger partial charge in [0.25, 0.3) is 0 Å². The van der Waals surface area contributed by atoms with Crippen molar-refractivity contribution >= 4 is 5.91 Å². The average Bonchev–Trinajstić information content (AvgIpc) is 2.92. The largest absolute Gasteiger partial charge is 0.347 e. The summed E-state index contributed by atoms with van der Waals surface area (Å²) in [5, 5.41) is 3.39. The number of amides is 1. The van der Waals surface area contributed by atoms with E-state index in [2.05, 4.69) is 15.3 Å². The number of carbonyl (C=O) groups excluding carboxylic acids is 1. The van der Waals surface area contributed by atoms with Gasteiger partial charge in [0.2, 0.25) is 5.91 Å². The molecule has 0 unspecified atom stereocenters. The van der Waals surface area contributed by atoms with Gasteiger partial charge in [-0.1, -0.05) is 19.3 Å². The molecular formula is C14H24N4O. The minimum Gasteiger partial charge on any atom is -0.347 e. The Morgan fingerprint density at radius 3 is 2.79 bits per heavy atom. The second-order valence-electron chi connectivity index (χ2n) is 5.55. The smallest absolute Gasteiger partial charge is 0.224 e. The number of hydrogen-bond donors (Lipinski definition) is 2. The van der Waals surface area contributed by atoms with Gasteiger partial charge in [-0.15, -0.1) is 0 Å². The maximum absolute atomic E-state index is 12.3. The summed E-state index contributed by atoms with van der Waals surface area (Å²) >= 11 is 0. The van der Waals surface area contributed by atoms with E-state index in [0.29, 0.717) is 13.0 Å². The number of nitrogens with zero attached hydrogens (tertiary/aromatic N) is 2. The molecule has 1 aliphatic carbocycles. The van der Waals surface area contributed by atoms with Crippen molar-refractivity contribution in [1.29, 1.82) is 0 Å². The zero-order valence-corrected chi connectivity index (χ0v) is 11.9. The Bertz CT molecular complexity index is 396. The molecule has 0 aromatic carbocycles. The quantitative estimate of drug-likeness (QED) is 0.850. The third-order valence-corrected chi connectivity index (χ3v) is 4.20. The first-order valence-corrected chi connectivity index (χ1v) is 7.06. The number of hydrogen-bond acceptors (Lipinski definition) is 3. The van der Waals surface area contributed by atoms with Crippen LogP contribution < -0.4 is 5.32 Å². The lowest BCUT2D eigenvalue weighted by molar-refractivity contribution is -0.132. The van der Waals surface area contributed by atoms with Gasteiger partial charge in [-0.05, 0) is 19.9 Å². The van der Waals surface area contributed by atoms with Crippen LogP contribution >= 0.6 is 0 Å². The first-order valence-electron chi connectivity index (χ1n) is 7.06. The molecule has 0 saturated heterocycles. The van der Waals surface area contributed by atoms with Gasteiger partial charge in [0.05, 0.1) is 6.54 Å². The van der Waals surface area contributed by atoms with Crippen LogP contribution in [0.15, 0.2) is 12.4 Å². The van der Waals surface area contributed by atoms with Crippen LogP contribution in [0.2, 0.25) is 0 Å². The second kappa shape index (κ2) is 6.19. The van der Waals surface area contributed by atoms with E-state index in [1.165, 1.54) is 19.3 Å². The van der Waals surface area contributed by atoms with Gasteiger partial charge < -0.3 is 15.2 Å². The second-order valence-corrected chi connectivity index (χ2v) is 5.55. The predicted molar refractivity (Wildman–Crippen MR) is 74.6 cm³/mol. The van der Waals surface area contributed by atoms with Gasteiger partial charge in [0, 0.05) is 31.4 Å². The molecule has 1 fully saturated rings. The number of rotatable bonds is 5. The number of carbonyl (C=O) groups is 1. The van der Waals surface area contributed by atoms with E-state index in [0.717, 1.165) is 18.7 Å². The van der Waals surface area contributed by atoms with Crippen LogP contribution in [-0.2, 0) is 11.3 Å². The van der Waals surface area contributed by atoms with Crippen molar-refractivity contribution in [3.63, 3.8) is 0 Å². The van der Waals surface area contributed by atoms with Crippen LogP contribution in [0.1, 0.15) is 44.3 Å². The van der Waals surface area contributed by atoms with Crippen molar-refractivity contribution in [2.24, 2.45) is 0 Å². The van der Waals surface area contributed by atoms with Crippen molar-refractivity contribution in [3.8, 4) is 0 Å². The lowest BCUT2D eigenvalue weighted by Gasteiger charge is -2.37. The molecule has 0 bridgehead atoms. The minimum atomic E-state index is 0.00670. The van der Waals surface area contributed by atoms with E-state index in [9.17, 15) is 4.79 Å². The molecular weight excluding hydrogens is 240 g/mol. The zero-order valence-electron chi connectivity index (χ0n) is 11.9. The molecule has 0 spiro atoms. The highest BCUT2D eigenvalue weighted by atomic mass is 16.2. The highest BCUT2D eigenvalue weighted by molar-refractivity contribution is 5.77. The number of aromatic amines is 1. The summed E-state index contributed by atoms with van der Waals surface area (Å²) in [7, 11) is 3.82. The molecule has 5 nitrogen and oxygen atoms in total. The molecule has 19 heavy (non-hydrogen) atoms. The molecule has 1 aromatic heterocycles. The van der Waals surface area contributed by atoms with Crippen molar-refractivity contribution in [1.82, 2.24) is 20.2 Å². The maximum Gasteiger partial charge on any atom is 0.224 e. The van der Waals surface area contributed by atoms with Crippen molar-refractivity contribution < 1.29 is 4.79 Å². The summed E-state index contributed by atoms with van der Waals surface area (Å²) in [4.78, 5) is 21.3. The highest BCUT2D eigenvalue weighted by Crippen LogP contribution is 2.31. The van der Waals surface area contributed by atoms with Crippen molar-refractivity contribution in [2.45, 2.75) is 50.6 Å². The Balaban J connectivity index is 1.91. The van der Waals surface area contributed by atoms with Crippen LogP contribution in [0.3, 0.4) is 0 Å². The van der Waals surface area contributed by atoms with Crippen LogP contribution in [0.5, 0.6) is 0 Å². The molecule has 1 heterocycles. The summed E-state index contributed by atoms with van der Waals surface area (Å²) in [5.74, 6) is 1.02. The number of H-pyrrole nitrogens is 1. The molecule has 1 amide bonds. The number of aromatic nitrogens is 2. The van der Waals surface area contributed by atoms with E-state index in [-0.39, 0.29) is 11.4 Å². The van der Waals surface area contributed by atoms with Crippen LogP contribution in [0, 0.1) is 0 Å². The Morgan fingerprint density at radius 2 is 2.21 bits per heavy atom. The molecule has 0 radical (unpaired) electrons. The third-order valence-electron chi connectivity index (χ3n) is 4.20. The summed E-state index contributed by atoms with van der Waals surface area (Å²) < 4.78 is 0. The maximum atomic E-state index is 12.3. The van der Waals surface area contributed by atoms with E-state index in [1.54, 1.807) is 17.3 Å². The molecule has 106 valence electrons. The Labute approximate surface area is 114 Å². The lowest BCUT2D eigenvalue weighted by Crippen LogP contribution is -2.48. The average molecular weight is 264 g/mol. The molecule has 0 aliphatic heterocycles. The third kappa shape index (κ3) is 3.56. The molecule has 5 heteroatoms. The molecule has 1 aliphatic rings. The van der Waals surface area contributed by atoms with Gasteiger partial charge in [0.15, 0.2) is 0 Å². The van der Waals surface area contributed by atoms with Gasteiger partial charge in [-0.25, -0.2) is 4.98 Å². The van der Waals surface area contributed by atoms with Gasteiger partial charge in [-0.2, -0.15) is 0 Å². The van der Waals surface area contributed by atoms with Gasteiger partial charge in [-0.3, -0.25) is 4.79 Å². The summed E-state index contributed by atoms with van der Waals surface area (Å²) in [6.07, 6.45) is 10.0. The van der Waals surface area contributed by atoms with Crippen LogP contribution in [0.25, 0.3) is 0 Å². The Morgan fingerprint density at radius 1 is 1.47 bits per heavy atom. The standard InChI is InChI=1S/C14H24N4O/c1-15-14(6-4-3-5-7-14)10-13(19)18(2)11-12-16-8-9-17-12/h8-9,15H,3-7,10-11H2,1-2H3,(H,16,17). The number of nitrogens with one attached hydrogen (secondary N) is 2. The van der Waals surface area contributed by atoms with Crippen molar-refractivity contribution in [2.75, 3.05) is 14.1 Å². The summed E-state index contributed by atoms with van der Waals surface area (Å²) in [6, 6.07) is 0. The fraction of sp³-hybridized carbons (Fsp3) is 0.714. The lowest BCUT2D eigenvalue weighted by atomic mass is 9.79. The predicted octanol–water partition coefficient (Wildman–Crippen LogP) is 1.68. The topological polar surface area (TPSA) is 61.0 Å². The van der Waals surface area contributed by atoms with E-state index in [1.807, 2.05) is 14.1 Å². The van der Waals surface area contributed by atoms with Crippen LogP contribution in [-0.4, -0.2) is 40.4 Å². The molecule has 1 aromatic rings.